The van der Waals surface area contributed by atoms with Gasteiger partial charge in [-0.1, -0.05) is 17.7 Å². The Labute approximate surface area is 162 Å². The minimum atomic E-state index is 0.401. The zero-order valence-electron chi connectivity index (χ0n) is 15.3. The first-order valence-electron chi connectivity index (χ1n) is 8.26. The molecule has 0 amide bonds. The molecule has 0 atom stereocenters. The van der Waals surface area contributed by atoms with E-state index in [1.54, 1.807) is 20.4 Å². The van der Waals surface area contributed by atoms with Crippen LogP contribution in [0.15, 0.2) is 42.6 Å². The molecular weight excluding hydrogens is 366 g/mol. The van der Waals surface area contributed by atoms with Crippen molar-refractivity contribution < 1.29 is 9.47 Å². The van der Waals surface area contributed by atoms with Crippen molar-refractivity contribution in [3.05, 3.63) is 58.7 Å². The predicted molar refractivity (Wildman–Crippen MR) is 106 cm³/mol. The van der Waals surface area contributed by atoms with Crippen molar-refractivity contribution in [1.82, 2.24) is 15.2 Å². The summed E-state index contributed by atoms with van der Waals surface area (Å²) in [5.74, 6) is 2.37. The summed E-state index contributed by atoms with van der Waals surface area (Å²) in [6, 6.07) is 11.3. The Morgan fingerprint density at radius 1 is 1.04 bits per heavy atom. The summed E-state index contributed by atoms with van der Waals surface area (Å²) in [5.41, 5.74) is 2.89. The van der Waals surface area contributed by atoms with E-state index in [1.165, 1.54) is 0 Å². The van der Waals surface area contributed by atoms with Gasteiger partial charge in [0.1, 0.15) is 0 Å². The Morgan fingerprint density at radius 3 is 2.59 bits per heavy atom. The highest BCUT2D eigenvalue weighted by Crippen LogP contribution is 2.28. The molecule has 27 heavy (non-hydrogen) atoms. The van der Waals surface area contributed by atoms with Gasteiger partial charge in [0.05, 0.1) is 20.4 Å². The molecular formula is C19H20ClN5O2. The molecule has 0 fully saturated rings. The van der Waals surface area contributed by atoms with Crippen molar-refractivity contribution in [2.24, 2.45) is 0 Å². The summed E-state index contributed by atoms with van der Waals surface area (Å²) in [6.07, 6.45) is 1.57. The SMILES string of the molecule is COc1ccc(CNc2cnnc(Nc3ccc(Cl)cc3C)n2)cc1OC. The van der Waals surface area contributed by atoms with Crippen molar-refractivity contribution in [1.29, 1.82) is 0 Å². The molecule has 0 unspecified atom stereocenters. The van der Waals surface area contributed by atoms with E-state index >= 15 is 0 Å². The van der Waals surface area contributed by atoms with Gasteiger partial charge in [-0.05, 0) is 48.4 Å². The second kappa shape index (κ2) is 8.55. The number of ether oxygens (including phenoxy) is 2. The lowest BCUT2D eigenvalue weighted by molar-refractivity contribution is 0.354. The lowest BCUT2D eigenvalue weighted by atomic mass is 10.2. The zero-order valence-corrected chi connectivity index (χ0v) is 16.0. The van der Waals surface area contributed by atoms with Crippen molar-refractivity contribution in [3.8, 4) is 11.5 Å². The standard InChI is InChI=1S/C19H20ClN5O2/c1-12-8-14(20)5-6-15(12)23-19-24-18(11-22-25-19)21-10-13-4-7-16(26-2)17(9-13)27-3/h4-9,11H,10H2,1-3H3,(H2,21,23,24,25). The Kier molecular flexibility index (Phi) is 5.93. The van der Waals surface area contributed by atoms with E-state index in [0.717, 1.165) is 16.8 Å². The highest BCUT2D eigenvalue weighted by molar-refractivity contribution is 6.30. The third-order valence-corrected chi connectivity index (χ3v) is 4.15. The molecule has 0 aliphatic heterocycles. The van der Waals surface area contributed by atoms with Crippen LogP contribution in [-0.4, -0.2) is 29.4 Å². The molecule has 8 heteroatoms. The minimum Gasteiger partial charge on any atom is -0.493 e. The third kappa shape index (κ3) is 4.77. The van der Waals surface area contributed by atoms with Crippen LogP contribution in [0.1, 0.15) is 11.1 Å². The maximum atomic E-state index is 5.99. The lowest BCUT2D eigenvalue weighted by Crippen LogP contribution is -2.06. The molecule has 0 aliphatic carbocycles. The van der Waals surface area contributed by atoms with Crippen LogP contribution in [0.5, 0.6) is 11.5 Å². The summed E-state index contributed by atoms with van der Waals surface area (Å²) >= 11 is 5.99. The molecule has 0 radical (unpaired) electrons. The summed E-state index contributed by atoms with van der Waals surface area (Å²) in [6.45, 7) is 2.51. The number of aromatic nitrogens is 3. The second-order valence-corrected chi connectivity index (χ2v) is 6.23. The summed E-state index contributed by atoms with van der Waals surface area (Å²) in [7, 11) is 3.22. The van der Waals surface area contributed by atoms with E-state index < -0.39 is 0 Å². The van der Waals surface area contributed by atoms with Gasteiger partial charge in [-0.25, -0.2) is 0 Å². The average molecular weight is 386 g/mol. The number of halogens is 1. The molecule has 0 spiro atoms. The van der Waals surface area contributed by atoms with E-state index in [-0.39, 0.29) is 0 Å². The van der Waals surface area contributed by atoms with Crippen LogP contribution < -0.4 is 20.1 Å². The second-order valence-electron chi connectivity index (χ2n) is 5.79. The van der Waals surface area contributed by atoms with E-state index in [0.29, 0.717) is 34.8 Å². The molecule has 1 heterocycles. The van der Waals surface area contributed by atoms with Crippen LogP contribution >= 0.6 is 11.6 Å². The van der Waals surface area contributed by atoms with Crippen molar-refractivity contribution >= 4 is 29.1 Å². The van der Waals surface area contributed by atoms with Crippen molar-refractivity contribution in [3.63, 3.8) is 0 Å². The quantitative estimate of drug-likeness (QED) is 0.630. The molecule has 2 N–H and O–H groups in total. The number of nitrogens with one attached hydrogen (secondary N) is 2. The first-order chi connectivity index (χ1) is 13.1. The number of nitrogens with zero attached hydrogens (tertiary/aromatic N) is 3. The number of aryl methyl sites for hydroxylation is 1. The van der Waals surface area contributed by atoms with Gasteiger partial charge in [-0.2, -0.15) is 10.1 Å². The smallest absolute Gasteiger partial charge is 0.249 e. The molecule has 0 aliphatic rings. The van der Waals surface area contributed by atoms with E-state index in [2.05, 4.69) is 25.8 Å². The Hall–Kier alpha value is -3.06. The maximum absolute atomic E-state index is 5.99. The van der Waals surface area contributed by atoms with Crippen LogP contribution in [0, 0.1) is 6.92 Å². The third-order valence-electron chi connectivity index (χ3n) is 3.92. The normalized spacial score (nSPS) is 10.4. The Bertz CT molecular complexity index is 936. The highest BCUT2D eigenvalue weighted by atomic mass is 35.5. The fraction of sp³-hybridized carbons (Fsp3) is 0.211. The largest absolute Gasteiger partial charge is 0.493 e. The maximum Gasteiger partial charge on any atom is 0.249 e. The summed E-state index contributed by atoms with van der Waals surface area (Å²) < 4.78 is 10.6. The van der Waals surface area contributed by atoms with Crippen LogP contribution in [0.2, 0.25) is 5.02 Å². The van der Waals surface area contributed by atoms with Crippen LogP contribution in [0.3, 0.4) is 0 Å². The molecule has 2 aromatic carbocycles. The molecule has 0 saturated carbocycles. The van der Waals surface area contributed by atoms with E-state index in [9.17, 15) is 0 Å². The molecule has 0 bridgehead atoms. The topological polar surface area (TPSA) is 81.2 Å². The first-order valence-corrected chi connectivity index (χ1v) is 8.64. The number of hydrogen-bond donors (Lipinski definition) is 2. The molecule has 3 aromatic rings. The van der Waals surface area contributed by atoms with Gasteiger partial charge in [-0.3, -0.25) is 0 Å². The van der Waals surface area contributed by atoms with Gasteiger partial charge in [-0.15, -0.1) is 5.10 Å². The van der Waals surface area contributed by atoms with Gasteiger partial charge in [0.15, 0.2) is 17.3 Å². The Balaban J connectivity index is 1.69. The minimum absolute atomic E-state index is 0.401. The molecule has 3 rings (SSSR count). The van der Waals surface area contributed by atoms with E-state index in [4.69, 9.17) is 21.1 Å². The predicted octanol–water partition coefficient (Wildman–Crippen LogP) is 4.21. The summed E-state index contributed by atoms with van der Waals surface area (Å²) in [4.78, 5) is 4.44. The van der Waals surface area contributed by atoms with Gasteiger partial charge in [0.2, 0.25) is 5.95 Å². The van der Waals surface area contributed by atoms with Crippen molar-refractivity contribution in [2.45, 2.75) is 13.5 Å². The number of anilines is 3. The van der Waals surface area contributed by atoms with Crippen molar-refractivity contribution in [2.75, 3.05) is 24.9 Å². The molecule has 0 saturated heterocycles. The van der Waals surface area contributed by atoms with Crippen LogP contribution in [0.25, 0.3) is 0 Å². The first kappa shape index (κ1) is 18.7. The van der Waals surface area contributed by atoms with Gasteiger partial charge >= 0.3 is 0 Å². The number of methoxy groups -OCH3 is 2. The average Bonchev–Trinajstić information content (AvgIpc) is 2.68. The van der Waals surface area contributed by atoms with Crippen LogP contribution in [0.4, 0.5) is 17.5 Å². The van der Waals surface area contributed by atoms with E-state index in [1.807, 2.05) is 43.3 Å². The fourth-order valence-corrected chi connectivity index (χ4v) is 2.74. The monoisotopic (exact) mass is 385 g/mol. The van der Waals surface area contributed by atoms with Crippen LogP contribution in [-0.2, 0) is 6.54 Å². The number of benzene rings is 2. The summed E-state index contributed by atoms with van der Waals surface area (Å²) in [5, 5.41) is 15.1. The zero-order chi connectivity index (χ0) is 19.2. The number of rotatable bonds is 7. The van der Waals surface area contributed by atoms with Gasteiger partial charge < -0.3 is 20.1 Å². The van der Waals surface area contributed by atoms with Gasteiger partial charge in [0.25, 0.3) is 0 Å². The highest BCUT2D eigenvalue weighted by Gasteiger charge is 2.07. The van der Waals surface area contributed by atoms with Gasteiger partial charge in [0, 0.05) is 17.3 Å². The molecule has 7 nitrogen and oxygen atoms in total. The lowest BCUT2D eigenvalue weighted by Gasteiger charge is -2.11. The molecule has 140 valence electrons. The number of hydrogen-bond acceptors (Lipinski definition) is 7. The fourth-order valence-electron chi connectivity index (χ4n) is 2.51. The Morgan fingerprint density at radius 2 is 1.85 bits per heavy atom. The molecule has 1 aromatic heterocycles.